The summed E-state index contributed by atoms with van der Waals surface area (Å²) < 4.78 is 34.5. The minimum Gasteiger partial charge on any atom is -0.459 e. The van der Waals surface area contributed by atoms with Crippen LogP contribution in [0.3, 0.4) is 0 Å². The van der Waals surface area contributed by atoms with E-state index in [2.05, 4.69) is 27.7 Å². The van der Waals surface area contributed by atoms with E-state index in [9.17, 15) is 29.1 Å². The second kappa shape index (κ2) is 20.5. The first-order chi connectivity index (χ1) is 34.3. The molecule has 13 unspecified atom stereocenters. The molecule has 13 fully saturated rings. The Kier molecular flexibility index (Phi) is 15.9. The van der Waals surface area contributed by atoms with Gasteiger partial charge in [-0.1, -0.05) is 41.0 Å². The van der Waals surface area contributed by atoms with Crippen molar-refractivity contribution < 1.29 is 57.5 Å². The number of aliphatic hydroxyl groups is 1. The van der Waals surface area contributed by atoms with E-state index >= 15 is 0 Å². The Bertz CT molecular complexity index is 2070. The fourth-order valence-electron chi connectivity index (χ4n) is 16.1. The standard InChI is InChI=1S/C17H28O2.C16H26O3.C16H28O2.C13H18O5/c1-5-16(3,4)15(18)19-17-9-12-6-13(10-17)8-14(7-12)11(17)2;1-4-14(2,3)13(17)19-16-8-11-5-12(9-16)7-15(18,6-11)10-16;1-6-15(2,3)14(17)18-16(4,5)13-10-11-7-8-12(13)9-11;1-4-13(2,3)12(15)18-9-7-5-6-8(16-7)10(9)17-11(6)14/h11-14H,5-10H2,1-4H3;11-12,18H,4-10H2,1-3H3;11-13H,6-10H2,1-5H3;6-10H,4-5H2,1-3H3. The predicted octanol–water partition coefficient (Wildman–Crippen LogP) is 12.5. The van der Waals surface area contributed by atoms with Crippen LogP contribution in [0.5, 0.6) is 0 Å². The molecule has 12 nitrogen and oxygen atoms in total. The van der Waals surface area contributed by atoms with Gasteiger partial charge in [-0.25, -0.2) is 0 Å². The fourth-order valence-corrected chi connectivity index (χ4v) is 16.1. The summed E-state index contributed by atoms with van der Waals surface area (Å²) >= 11 is 0. The summed E-state index contributed by atoms with van der Waals surface area (Å²) in [6.07, 6.45) is 20.1. The quantitative estimate of drug-likeness (QED) is 0.138. The lowest BCUT2D eigenvalue weighted by atomic mass is 9.50. The first-order valence-electron chi connectivity index (χ1n) is 29.8. The number of rotatable bonds is 13. The van der Waals surface area contributed by atoms with Crippen LogP contribution in [0.25, 0.3) is 0 Å². The molecular weight excluding hydrogens is 937 g/mol. The average molecular weight is 1040 g/mol. The van der Waals surface area contributed by atoms with Crippen molar-refractivity contribution in [2.45, 2.75) is 279 Å². The summed E-state index contributed by atoms with van der Waals surface area (Å²) in [6.45, 7) is 30.2. The van der Waals surface area contributed by atoms with E-state index in [0.29, 0.717) is 42.9 Å². The fraction of sp³-hybridized carbons (Fsp3) is 0.919. The second-order valence-electron chi connectivity index (χ2n) is 29.6. The highest BCUT2D eigenvalue weighted by Crippen LogP contribution is 2.61. The molecule has 13 aliphatic rings. The number of fused-ring (bicyclic) bond motifs is 3. The Morgan fingerprint density at radius 2 is 1.09 bits per heavy atom. The number of esters is 5. The molecule has 420 valence electrons. The molecule has 0 amide bonds. The van der Waals surface area contributed by atoms with Crippen molar-refractivity contribution in [3.05, 3.63) is 0 Å². The molecule has 13 rings (SSSR count). The number of hydrogen-bond donors (Lipinski definition) is 1. The molecule has 0 aromatic heterocycles. The van der Waals surface area contributed by atoms with Gasteiger partial charge in [0.1, 0.15) is 22.9 Å². The average Bonchev–Trinajstić information content (AvgIpc) is 4.16. The summed E-state index contributed by atoms with van der Waals surface area (Å²) in [5.74, 6) is 5.74. The van der Waals surface area contributed by atoms with Crippen LogP contribution in [0.4, 0.5) is 0 Å². The van der Waals surface area contributed by atoms with E-state index < -0.39 is 28.6 Å². The lowest BCUT2D eigenvalue weighted by Crippen LogP contribution is -2.61. The summed E-state index contributed by atoms with van der Waals surface area (Å²) in [4.78, 5) is 60.7. The molecule has 10 aliphatic carbocycles. The topological polar surface area (TPSA) is 161 Å². The Hall–Kier alpha value is -2.73. The molecule has 0 aromatic rings. The van der Waals surface area contributed by atoms with Crippen molar-refractivity contribution in [1.82, 2.24) is 0 Å². The molecule has 0 spiro atoms. The van der Waals surface area contributed by atoms with E-state index in [-0.39, 0.29) is 75.6 Å². The maximum Gasteiger partial charge on any atom is 0.312 e. The molecule has 1 N–H and O–H groups in total. The van der Waals surface area contributed by atoms with Gasteiger partial charge in [0.05, 0.1) is 39.3 Å². The Labute approximate surface area is 445 Å². The Morgan fingerprint density at radius 3 is 1.61 bits per heavy atom. The Balaban J connectivity index is 0.000000131. The van der Waals surface area contributed by atoms with Gasteiger partial charge in [0, 0.05) is 12.3 Å². The molecule has 0 aromatic carbocycles. The first kappa shape index (κ1) is 57.4. The van der Waals surface area contributed by atoms with Crippen molar-refractivity contribution in [2.75, 3.05) is 0 Å². The highest BCUT2D eigenvalue weighted by atomic mass is 16.7. The molecule has 13 atom stereocenters. The van der Waals surface area contributed by atoms with Crippen LogP contribution in [0, 0.1) is 80.8 Å². The van der Waals surface area contributed by atoms with E-state index in [4.69, 9.17) is 28.4 Å². The molecule has 3 heterocycles. The lowest BCUT2D eigenvalue weighted by Gasteiger charge is -2.59. The van der Waals surface area contributed by atoms with Gasteiger partial charge in [0.25, 0.3) is 0 Å². The van der Waals surface area contributed by atoms with Crippen LogP contribution in [-0.2, 0) is 52.4 Å². The summed E-state index contributed by atoms with van der Waals surface area (Å²) in [6, 6.07) is 0. The molecule has 12 bridgehead atoms. The van der Waals surface area contributed by atoms with E-state index in [1.54, 1.807) is 0 Å². The minimum atomic E-state index is -0.555. The van der Waals surface area contributed by atoms with Crippen molar-refractivity contribution in [1.29, 1.82) is 0 Å². The molecule has 10 saturated carbocycles. The maximum atomic E-state index is 12.5. The van der Waals surface area contributed by atoms with Gasteiger partial charge in [-0.05, 0) is 232 Å². The second-order valence-corrected chi connectivity index (χ2v) is 29.6. The third-order valence-electron chi connectivity index (χ3n) is 22.1. The van der Waals surface area contributed by atoms with E-state index in [0.717, 1.165) is 87.4 Å². The largest absolute Gasteiger partial charge is 0.459 e. The zero-order valence-electron chi connectivity index (χ0n) is 48.7. The number of carbonyl (C=O) groups is 5. The van der Waals surface area contributed by atoms with Crippen molar-refractivity contribution in [2.24, 2.45) is 80.8 Å². The molecule has 0 radical (unpaired) electrons. The van der Waals surface area contributed by atoms with Gasteiger partial charge in [-0.15, -0.1) is 0 Å². The van der Waals surface area contributed by atoms with Gasteiger partial charge in [-0.2, -0.15) is 0 Å². The van der Waals surface area contributed by atoms with Crippen LogP contribution in [0.2, 0.25) is 0 Å². The van der Waals surface area contributed by atoms with E-state index in [1.807, 2.05) is 76.2 Å². The monoisotopic (exact) mass is 1040 g/mol. The first-order valence-corrected chi connectivity index (χ1v) is 29.8. The molecule has 74 heavy (non-hydrogen) atoms. The van der Waals surface area contributed by atoms with Crippen molar-refractivity contribution >= 4 is 29.8 Å². The third-order valence-corrected chi connectivity index (χ3v) is 22.1. The van der Waals surface area contributed by atoms with Crippen LogP contribution in [-0.4, -0.2) is 81.8 Å². The van der Waals surface area contributed by atoms with Crippen LogP contribution >= 0.6 is 0 Å². The molecule has 3 aliphatic heterocycles. The molecule has 3 saturated heterocycles. The summed E-state index contributed by atoms with van der Waals surface area (Å²) in [7, 11) is 0. The number of ether oxygens (including phenoxy) is 6. The zero-order chi connectivity index (χ0) is 54.4. The van der Waals surface area contributed by atoms with Gasteiger partial charge in [0.15, 0.2) is 12.2 Å². The van der Waals surface area contributed by atoms with Crippen LogP contribution < -0.4 is 0 Å². The lowest BCUT2D eigenvalue weighted by molar-refractivity contribution is -0.225. The maximum absolute atomic E-state index is 12.5. The zero-order valence-corrected chi connectivity index (χ0v) is 48.7. The summed E-state index contributed by atoms with van der Waals surface area (Å²) in [5, 5.41) is 10.6. The Morgan fingerprint density at radius 1 is 0.581 bits per heavy atom. The normalized spacial score (nSPS) is 40.5. The van der Waals surface area contributed by atoms with Gasteiger partial charge < -0.3 is 33.5 Å². The van der Waals surface area contributed by atoms with E-state index in [1.165, 1.54) is 51.4 Å². The van der Waals surface area contributed by atoms with Crippen molar-refractivity contribution in [3.8, 4) is 0 Å². The van der Waals surface area contributed by atoms with Crippen LogP contribution in [0.1, 0.15) is 232 Å². The van der Waals surface area contributed by atoms with Gasteiger partial charge >= 0.3 is 29.8 Å². The molecular formula is C62H100O12. The van der Waals surface area contributed by atoms with Gasteiger partial charge in [0.2, 0.25) is 0 Å². The number of hydrogen-bond acceptors (Lipinski definition) is 12. The third kappa shape index (κ3) is 11.3. The molecule has 12 heteroatoms. The number of carbonyl (C=O) groups excluding carboxylic acids is 5. The highest BCUT2D eigenvalue weighted by Gasteiger charge is 2.66. The summed E-state index contributed by atoms with van der Waals surface area (Å²) in [5.41, 5.74) is -2.92. The van der Waals surface area contributed by atoms with Crippen LogP contribution in [0.15, 0.2) is 0 Å². The van der Waals surface area contributed by atoms with Crippen molar-refractivity contribution in [3.63, 3.8) is 0 Å². The predicted molar refractivity (Wildman–Crippen MR) is 282 cm³/mol. The smallest absolute Gasteiger partial charge is 0.312 e. The van der Waals surface area contributed by atoms with Gasteiger partial charge in [-0.3, -0.25) is 24.0 Å². The highest BCUT2D eigenvalue weighted by molar-refractivity contribution is 5.79. The SMILES string of the molecule is CCC(C)(C)C(=O)OC(C)(C)C1CC2CCC1C2.CCC(C)(C)C(=O)OC12CC3CC(CC(C3)C1C)C2.CCC(C)(C)C(=O)OC12CC3CC(CC(O)(C3)C1)C2.CCC(C)(C)C(=O)OC1C2CC3C(=O)OC1C3O2. The minimum absolute atomic E-state index is 0.0298.